The second kappa shape index (κ2) is 8.59. The molecule has 2 aromatic heterocycles. The molecule has 0 bridgehead atoms. The van der Waals surface area contributed by atoms with Crippen molar-refractivity contribution in [3.05, 3.63) is 47.4 Å². The number of carbonyl (C=O) groups excluding carboxylic acids is 1. The number of nitrogens with one attached hydrogen (secondary N) is 1. The van der Waals surface area contributed by atoms with Crippen molar-refractivity contribution in [3.8, 4) is 11.3 Å². The van der Waals surface area contributed by atoms with Gasteiger partial charge in [-0.3, -0.25) is 4.79 Å². The molecule has 8 nitrogen and oxygen atoms in total. The molecule has 170 valence electrons. The molecular weight excluding hydrogens is 435 g/mol. The minimum atomic E-state index is -3.14. The van der Waals surface area contributed by atoms with Crippen LogP contribution in [0.2, 0.25) is 0 Å². The van der Waals surface area contributed by atoms with Crippen molar-refractivity contribution < 1.29 is 22.3 Å². The number of aryl methyl sites for hydroxylation is 1. The van der Waals surface area contributed by atoms with Gasteiger partial charge in [0.15, 0.2) is 15.5 Å². The molecule has 0 spiro atoms. The van der Waals surface area contributed by atoms with Crippen molar-refractivity contribution >= 4 is 26.8 Å². The Hall–Kier alpha value is -2.85. The number of halogens is 1. The van der Waals surface area contributed by atoms with Gasteiger partial charge >= 0.3 is 0 Å². The van der Waals surface area contributed by atoms with Crippen LogP contribution in [0.5, 0.6) is 0 Å². The molecule has 1 amide bonds. The summed E-state index contributed by atoms with van der Waals surface area (Å²) in [6, 6.07) is 6.92. The van der Waals surface area contributed by atoms with Crippen LogP contribution < -0.4 is 5.32 Å². The van der Waals surface area contributed by atoms with Gasteiger partial charge in [-0.05, 0) is 50.6 Å². The Morgan fingerprint density at radius 3 is 2.69 bits per heavy atom. The SMILES string of the molecule is COC[C@@H](C)NC(=O)c1cc(-c2ccc(F)cc2)nc2c1c(C)nn2[C@H]1CCS(=O)(=O)C1. The summed E-state index contributed by atoms with van der Waals surface area (Å²) in [5.41, 5.74) is 2.52. The number of pyridine rings is 1. The van der Waals surface area contributed by atoms with Crippen LogP contribution in [0.25, 0.3) is 22.3 Å². The van der Waals surface area contributed by atoms with Gasteiger partial charge < -0.3 is 10.1 Å². The van der Waals surface area contributed by atoms with Gasteiger partial charge in [-0.2, -0.15) is 5.10 Å². The first-order valence-corrected chi connectivity index (χ1v) is 12.2. The van der Waals surface area contributed by atoms with Gasteiger partial charge in [-0.25, -0.2) is 22.5 Å². The fourth-order valence-electron chi connectivity index (χ4n) is 4.08. The highest BCUT2D eigenvalue weighted by Gasteiger charge is 2.32. The Labute approximate surface area is 185 Å². The lowest BCUT2D eigenvalue weighted by Gasteiger charge is -2.15. The summed E-state index contributed by atoms with van der Waals surface area (Å²) < 4.78 is 44.3. The minimum absolute atomic E-state index is 0.0158. The summed E-state index contributed by atoms with van der Waals surface area (Å²) in [4.78, 5) is 17.9. The van der Waals surface area contributed by atoms with Crippen LogP contribution in [0.3, 0.4) is 0 Å². The number of fused-ring (bicyclic) bond motifs is 1. The van der Waals surface area contributed by atoms with Crippen LogP contribution in [0.1, 0.15) is 35.4 Å². The zero-order valence-electron chi connectivity index (χ0n) is 18.1. The Balaban J connectivity index is 1.88. The maximum absolute atomic E-state index is 13.5. The van der Waals surface area contributed by atoms with Crippen molar-refractivity contribution in [1.82, 2.24) is 20.1 Å². The van der Waals surface area contributed by atoms with Gasteiger partial charge in [0.05, 0.1) is 46.5 Å². The van der Waals surface area contributed by atoms with Crippen LogP contribution in [-0.4, -0.2) is 60.4 Å². The molecule has 10 heteroatoms. The number of methoxy groups -OCH3 is 1. The molecule has 3 aromatic rings. The first-order valence-electron chi connectivity index (χ1n) is 10.3. The number of rotatable bonds is 6. The summed E-state index contributed by atoms with van der Waals surface area (Å²) in [5, 5.41) is 8.05. The Morgan fingerprint density at radius 2 is 2.06 bits per heavy atom. The minimum Gasteiger partial charge on any atom is -0.383 e. The number of ether oxygens (including phenoxy) is 1. The number of sulfone groups is 1. The molecule has 4 rings (SSSR count). The summed E-state index contributed by atoms with van der Waals surface area (Å²) in [6.45, 7) is 3.96. The molecule has 1 N–H and O–H groups in total. The third kappa shape index (κ3) is 4.37. The Bertz CT molecular complexity index is 1270. The van der Waals surface area contributed by atoms with E-state index in [9.17, 15) is 17.6 Å². The smallest absolute Gasteiger partial charge is 0.252 e. The normalized spacial score (nSPS) is 18.7. The van der Waals surface area contributed by atoms with Crippen LogP contribution in [0.4, 0.5) is 4.39 Å². The van der Waals surface area contributed by atoms with Crippen molar-refractivity contribution in [3.63, 3.8) is 0 Å². The summed E-state index contributed by atoms with van der Waals surface area (Å²) in [5.74, 6) is -0.611. The molecule has 1 aliphatic heterocycles. The average molecular weight is 461 g/mol. The van der Waals surface area contributed by atoms with E-state index in [0.717, 1.165) is 0 Å². The van der Waals surface area contributed by atoms with Gasteiger partial charge in [-0.1, -0.05) is 0 Å². The topological polar surface area (TPSA) is 103 Å². The maximum Gasteiger partial charge on any atom is 0.252 e. The predicted octanol–water partition coefficient (Wildman–Crippen LogP) is 2.67. The summed E-state index contributed by atoms with van der Waals surface area (Å²) in [6.07, 6.45) is 0.438. The van der Waals surface area contributed by atoms with E-state index in [1.165, 1.54) is 12.1 Å². The predicted molar refractivity (Wildman–Crippen MR) is 119 cm³/mol. The van der Waals surface area contributed by atoms with E-state index in [0.29, 0.717) is 46.6 Å². The first-order chi connectivity index (χ1) is 15.2. The third-order valence-corrected chi connectivity index (χ3v) is 7.32. The van der Waals surface area contributed by atoms with E-state index in [1.54, 1.807) is 36.9 Å². The second-order valence-corrected chi connectivity index (χ2v) is 10.4. The molecular formula is C22H25FN4O4S. The lowest BCUT2D eigenvalue weighted by Crippen LogP contribution is -2.35. The van der Waals surface area contributed by atoms with E-state index in [1.807, 2.05) is 6.92 Å². The monoisotopic (exact) mass is 460 g/mol. The number of hydrogen-bond donors (Lipinski definition) is 1. The molecule has 1 fully saturated rings. The Morgan fingerprint density at radius 1 is 1.34 bits per heavy atom. The highest BCUT2D eigenvalue weighted by atomic mass is 32.2. The van der Waals surface area contributed by atoms with Crippen molar-refractivity contribution in [1.29, 1.82) is 0 Å². The van der Waals surface area contributed by atoms with E-state index >= 15 is 0 Å². The van der Waals surface area contributed by atoms with Gasteiger partial charge in [0.2, 0.25) is 0 Å². The molecule has 0 saturated carbocycles. The molecule has 0 radical (unpaired) electrons. The largest absolute Gasteiger partial charge is 0.383 e. The number of aromatic nitrogens is 3. The number of benzene rings is 1. The summed E-state index contributed by atoms with van der Waals surface area (Å²) in [7, 11) is -1.58. The zero-order chi connectivity index (χ0) is 23.0. The number of hydrogen-bond acceptors (Lipinski definition) is 6. The molecule has 1 saturated heterocycles. The van der Waals surface area contributed by atoms with E-state index in [-0.39, 0.29) is 35.3 Å². The van der Waals surface area contributed by atoms with Crippen LogP contribution in [-0.2, 0) is 14.6 Å². The van der Waals surface area contributed by atoms with Gasteiger partial charge in [0, 0.05) is 18.7 Å². The lowest BCUT2D eigenvalue weighted by atomic mass is 10.0. The number of carbonyl (C=O) groups is 1. The molecule has 0 unspecified atom stereocenters. The highest BCUT2D eigenvalue weighted by molar-refractivity contribution is 7.91. The fraction of sp³-hybridized carbons (Fsp3) is 0.409. The van der Waals surface area contributed by atoms with E-state index < -0.39 is 9.84 Å². The van der Waals surface area contributed by atoms with E-state index in [4.69, 9.17) is 9.72 Å². The van der Waals surface area contributed by atoms with Gasteiger partial charge in [0.1, 0.15) is 5.82 Å². The van der Waals surface area contributed by atoms with Crippen molar-refractivity contribution in [2.24, 2.45) is 0 Å². The van der Waals surface area contributed by atoms with Gasteiger partial charge in [-0.15, -0.1) is 0 Å². The van der Waals surface area contributed by atoms with Crippen LogP contribution in [0, 0.1) is 12.7 Å². The third-order valence-electron chi connectivity index (χ3n) is 5.57. The second-order valence-electron chi connectivity index (χ2n) is 8.18. The van der Waals surface area contributed by atoms with Crippen molar-refractivity contribution in [2.75, 3.05) is 25.2 Å². The van der Waals surface area contributed by atoms with Crippen LogP contribution >= 0.6 is 0 Å². The molecule has 1 aromatic carbocycles. The lowest BCUT2D eigenvalue weighted by molar-refractivity contribution is 0.0907. The van der Waals surface area contributed by atoms with Gasteiger partial charge in [0.25, 0.3) is 5.91 Å². The summed E-state index contributed by atoms with van der Waals surface area (Å²) >= 11 is 0. The average Bonchev–Trinajstić information content (AvgIpc) is 3.27. The molecule has 0 aliphatic carbocycles. The highest BCUT2D eigenvalue weighted by Crippen LogP contribution is 2.32. The zero-order valence-corrected chi connectivity index (χ0v) is 18.9. The number of amides is 1. The maximum atomic E-state index is 13.5. The molecule has 32 heavy (non-hydrogen) atoms. The van der Waals surface area contributed by atoms with Crippen molar-refractivity contribution in [2.45, 2.75) is 32.4 Å². The quantitative estimate of drug-likeness (QED) is 0.607. The van der Waals surface area contributed by atoms with Crippen LogP contribution in [0.15, 0.2) is 30.3 Å². The standard InChI is InChI=1S/C22H25FN4O4S/c1-13(11-31-3)24-22(28)18-10-19(15-4-6-16(23)7-5-15)25-21-20(18)14(2)26-27(21)17-8-9-32(29,30)12-17/h4-7,10,13,17H,8-9,11-12H2,1-3H3,(H,24,28)/t13-,17+/m1/s1. The molecule has 3 heterocycles. The Kier molecular flexibility index (Phi) is 6.00. The molecule has 2 atom stereocenters. The molecule has 1 aliphatic rings. The fourth-order valence-corrected chi connectivity index (χ4v) is 5.77. The first kappa shape index (κ1) is 22.3. The number of nitrogens with zero attached hydrogens (tertiary/aromatic N) is 3. The van der Waals surface area contributed by atoms with E-state index in [2.05, 4.69) is 10.4 Å².